The van der Waals surface area contributed by atoms with E-state index in [4.69, 9.17) is 4.74 Å². The zero-order chi connectivity index (χ0) is 10.4. The molecule has 1 heterocycles. The van der Waals surface area contributed by atoms with E-state index in [0.717, 1.165) is 19.1 Å². The number of nitrogens with one attached hydrogen (secondary N) is 1. The van der Waals surface area contributed by atoms with Crippen LogP contribution < -0.4 is 5.32 Å². The first-order valence-electron chi connectivity index (χ1n) is 6.02. The maximum absolute atomic E-state index is 5.45. The van der Waals surface area contributed by atoms with Crippen molar-refractivity contribution in [1.29, 1.82) is 0 Å². The molecule has 0 saturated carbocycles. The van der Waals surface area contributed by atoms with Crippen LogP contribution in [0.4, 0.5) is 0 Å². The summed E-state index contributed by atoms with van der Waals surface area (Å²) in [4.78, 5) is 0. The molecule has 1 saturated heterocycles. The number of hydrogen-bond donors (Lipinski definition) is 1. The third-order valence-corrected chi connectivity index (χ3v) is 2.80. The zero-order valence-electron chi connectivity index (χ0n) is 9.88. The number of hydrogen-bond acceptors (Lipinski definition) is 2. The second kappa shape index (κ2) is 6.41. The van der Waals surface area contributed by atoms with Crippen molar-refractivity contribution < 1.29 is 4.74 Å². The Hall–Kier alpha value is -0.0800. The fourth-order valence-electron chi connectivity index (χ4n) is 2.25. The summed E-state index contributed by atoms with van der Waals surface area (Å²) in [5.41, 5.74) is 0. The lowest BCUT2D eigenvalue weighted by molar-refractivity contribution is 0.142. The van der Waals surface area contributed by atoms with Gasteiger partial charge in [0.15, 0.2) is 0 Å². The summed E-state index contributed by atoms with van der Waals surface area (Å²) in [6.07, 6.45) is 4.95. The van der Waals surface area contributed by atoms with Gasteiger partial charge in [-0.2, -0.15) is 0 Å². The van der Waals surface area contributed by atoms with Crippen molar-refractivity contribution in [2.45, 2.75) is 58.5 Å². The van der Waals surface area contributed by atoms with E-state index in [1.807, 2.05) is 0 Å². The maximum atomic E-state index is 5.45. The summed E-state index contributed by atoms with van der Waals surface area (Å²) in [5.74, 6) is 0.791. The second-order valence-electron chi connectivity index (χ2n) is 4.94. The van der Waals surface area contributed by atoms with Crippen molar-refractivity contribution in [3.63, 3.8) is 0 Å². The molecule has 2 unspecified atom stereocenters. The molecule has 2 atom stereocenters. The summed E-state index contributed by atoms with van der Waals surface area (Å²) in [7, 11) is 0. The normalized spacial score (nSPS) is 26.1. The van der Waals surface area contributed by atoms with Gasteiger partial charge in [0, 0.05) is 25.3 Å². The molecule has 0 spiro atoms. The fourth-order valence-corrected chi connectivity index (χ4v) is 2.25. The van der Waals surface area contributed by atoms with Crippen LogP contribution in [0.3, 0.4) is 0 Å². The molecule has 1 N–H and O–H groups in total. The van der Waals surface area contributed by atoms with Crippen molar-refractivity contribution in [1.82, 2.24) is 5.32 Å². The van der Waals surface area contributed by atoms with Gasteiger partial charge in [-0.05, 0) is 38.5 Å². The third kappa shape index (κ3) is 4.97. The first-order chi connectivity index (χ1) is 6.68. The molecule has 0 aromatic carbocycles. The lowest BCUT2D eigenvalue weighted by Crippen LogP contribution is -2.37. The summed E-state index contributed by atoms with van der Waals surface area (Å²) in [6, 6.07) is 1.34. The van der Waals surface area contributed by atoms with Gasteiger partial charge in [-0.15, -0.1) is 0 Å². The van der Waals surface area contributed by atoms with Crippen LogP contribution in [0.15, 0.2) is 0 Å². The van der Waals surface area contributed by atoms with Crippen molar-refractivity contribution in [2.75, 3.05) is 13.2 Å². The molecule has 1 fully saturated rings. The van der Waals surface area contributed by atoms with E-state index in [1.54, 1.807) is 0 Å². The van der Waals surface area contributed by atoms with E-state index in [1.165, 1.54) is 25.7 Å². The third-order valence-electron chi connectivity index (χ3n) is 2.80. The highest BCUT2D eigenvalue weighted by molar-refractivity contribution is 4.73. The smallest absolute Gasteiger partial charge is 0.0480 e. The standard InChI is InChI=1S/C12H25NO/c1-10(2)9-11(3)13-12-5-4-7-14-8-6-12/h10-13H,4-9H2,1-3H3. The molecule has 0 aliphatic carbocycles. The Morgan fingerprint density at radius 1 is 1.21 bits per heavy atom. The Labute approximate surface area is 88.4 Å². The van der Waals surface area contributed by atoms with Gasteiger partial charge in [-0.3, -0.25) is 0 Å². The van der Waals surface area contributed by atoms with Gasteiger partial charge in [0.2, 0.25) is 0 Å². The quantitative estimate of drug-likeness (QED) is 0.751. The molecule has 1 aliphatic rings. The van der Waals surface area contributed by atoms with Crippen LogP contribution in [-0.2, 0) is 4.74 Å². The Balaban J connectivity index is 2.20. The average Bonchev–Trinajstić information content (AvgIpc) is 2.31. The van der Waals surface area contributed by atoms with Crippen molar-refractivity contribution in [3.05, 3.63) is 0 Å². The minimum atomic E-state index is 0.651. The van der Waals surface area contributed by atoms with Crippen LogP contribution >= 0.6 is 0 Å². The maximum Gasteiger partial charge on any atom is 0.0480 e. The van der Waals surface area contributed by atoms with Crippen molar-refractivity contribution >= 4 is 0 Å². The fraction of sp³-hybridized carbons (Fsp3) is 1.00. The molecule has 1 aliphatic heterocycles. The van der Waals surface area contributed by atoms with Crippen LogP contribution in [0.2, 0.25) is 0 Å². The van der Waals surface area contributed by atoms with Crippen molar-refractivity contribution in [2.24, 2.45) is 5.92 Å². The summed E-state index contributed by atoms with van der Waals surface area (Å²) < 4.78 is 5.45. The van der Waals surface area contributed by atoms with E-state index < -0.39 is 0 Å². The van der Waals surface area contributed by atoms with Crippen LogP contribution in [0.1, 0.15) is 46.5 Å². The average molecular weight is 199 g/mol. The Morgan fingerprint density at radius 2 is 2.00 bits per heavy atom. The molecule has 0 amide bonds. The largest absolute Gasteiger partial charge is 0.381 e. The molecular weight excluding hydrogens is 174 g/mol. The van der Waals surface area contributed by atoms with E-state index in [-0.39, 0.29) is 0 Å². The van der Waals surface area contributed by atoms with E-state index in [2.05, 4.69) is 26.1 Å². The highest BCUT2D eigenvalue weighted by atomic mass is 16.5. The molecule has 14 heavy (non-hydrogen) atoms. The SMILES string of the molecule is CC(C)CC(C)NC1CCCOCC1. The predicted molar refractivity (Wildman–Crippen MR) is 60.5 cm³/mol. The predicted octanol–water partition coefficient (Wildman–Crippen LogP) is 2.58. The van der Waals surface area contributed by atoms with E-state index in [9.17, 15) is 0 Å². The van der Waals surface area contributed by atoms with Crippen LogP contribution in [0.25, 0.3) is 0 Å². The highest BCUT2D eigenvalue weighted by Crippen LogP contribution is 2.11. The molecule has 0 aromatic rings. The van der Waals surface area contributed by atoms with Gasteiger partial charge in [-0.1, -0.05) is 13.8 Å². The van der Waals surface area contributed by atoms with Crippen LogP contribution in [0.5, 0.6) is 0 Å². The zero-order valence-corrected chi connectivity index (χ0v) is 9.88. The molecule has 0 aromatic heterocycles. The molecular formula is C12H25NO. The number of ether oxygens (including phenoxy) is 1. The lowest BCUT2D eigenvalue weighted by atomic mass is 10.0. The van der Waals surface area contributed by atoms with Gasteiger partial charge in [0.05, 0.1) is 0 Å². The molecule has 2 nitrogen and oxygen atoms in total. The Bertz CT molecular complexity index is 139. The molecule has 0 bridgehead atoms. The van der Waals surface area contributed by atoms with Gasteiger partial charge in [0.1, 0.15) is 0 Å². The Morgan fingerprint density at radius 3 is 2.71 bits per heavy atom. The van der Waals surface area contributed by atoms with Crippen LogP contribution in [-0.4, -0.2) is 25.3 Å². The number of rotatable bonds is 4. The van der Waals surface area contributed by atoms with Gasteiger partial charge < -0.3 is 10.1 Å². The van der Waals surface area contributed by atoms with E-state index in [0.29, 0.717) is 12.1 Å². The first kappa shape index (κ1) is 12.0. The minimum absolute atomic E-state index is 0.651. The van der Waals surface area contributed by atoms with Crippen molar-refractivity contribution in [3.8, 4) is 0 Å². The second-order valence-corrected chi connectivity index (χ2v) is 4.94. The molecule has 0 radical (unpaired) electrons. The summed E-state index contributed by atoms with van der Waals surface area (Å²) >= 11 is 0. The summed E-state index contributed by atoms with van der Waals surface area (Å²) in [5, 5.41) is 3.71. The highest BCUT2D eigenvalue weighted by Gasteiger charge is 2.14. The molecule has 84 valence electrons. The van der Waals surface area contributed by atoms with Gasteiger partial charge in [-0.25, -0.2) is 0 Å². The summed E-state index contributed by atoms with van der Waals surface area (Å²) in [6.45, 7) is 8.76. The molecule has 2 heteroatoms. The Kier molecular flexibility index (Phi) is 5.49. The van der Waals surface area contributed by atoms with Gasteiger partial charge in [0.25, 0.3) is 0 Å². The van der Waals surface area contributed by atoms with Gasteiger partial charge >= 0.3 is 0 Å². The van der Waals surface area contributed by atoms with Crippen LogP contribution in [0, 0.1) is 5.92 Å². The molecule has 1 rings (SSSR count). The topological polar surface area (TPSA) is 21.3 Å². The first-order valence-corrected chi connectivity index (χ1v) is 6.02. The monoisotopic (exact) mass is 199 g/mol. The van der Waals surface area contributed by atoms with E-state index >= 15 is 0 Å². The minimum Gasteiger partial charge on any atom is -0.381 e. The lowest BCUT2D eigenvalue weighted by Gasteiger charge is -2.22.